The van der Waals surface area contributed by atoms with Crippen molar-refractivity contribution in [1.82, 2.24) is 0 Å². The Hall–Kier alpha value is -0.270. The Kier molecular flexibility index (Phi) is 2.97. The van der Waals surface area contributed by atoms with Gasteiger partial charge in [0.2, 0.25) is 0 Å². The first-order chi connectivity index (χ1) is 5.57. The summed E-state index contributed by atoms with van der Waals surface area (Å²) in [4.78, 5) is 0. The quantitative estimate of drug-likeness (QED) is 0.672. The number of hydrogen-bond acceptors (Lipinski definition) is 1. The number of halogens is 2. The average molecular weight is 292 g/mol. The van der Waals surface area contributed by atoms with Gasteiger partial charge in [0.15, 0.2) is 0 Å². The lowest BCUT2D eigenvalue weighted by molar-refractivity contribution is 1.31. The van der Waals surface area contributed by atoms with Crippen LogP contribution in [0.15, 0.2) is 6.07 Å². The van der Waals surface area contributed by atoms with Gasteiger partial charge >= 0.3 is 0 Å². The average Bonchev–Trinajstić information content (AvgIpc) is 2.08. The van der Waals surface area contributed by atoms with Crippen molar-refractivity contribution in [2.75, 3.05) is 0 Å². The summed E-state index contributed by atoms with van der Waals surface area (Å²) >= 11 is 8.18. The largest absolute Gasteiger partial charge is 0.192 e. The van der Waals surface area contributed by atoms with E-state index in [4.69, 9.17) is 16.9 Å². The van der Waals surface area contributed by atoms with E-state index in [9.17, 15) is 0 Å². The fraction of sp³-hybridized carbons (Fsp3) is 0.222. The van der Waals surface area contributed by atoms with Gasteiger partial charge in [-0.25, -0.2) is 0 Å². The third-order valence-corrected chi connectivity index (χ3v) is 3.87. The summed E-state index contributed by atoms with van der Waals surface area (Å²) in [5, 5.41) is 9.30. The highest BCUT2D eigenvalue weighted by Crippen LogP contribution is 2.27. The van der Waals surface area contributed by atoms with Crippen LogP contribution in [0.25, 0.3) is 0 Å². The molecule has 3 heteroatoms. The van der Waals surface area contributed by atoms with Crippen molar-refractivity contribution in [3.8, 4) is 6.07 Å². The molecule has 0 aliphatic carbocycles. The van der Waals surface area contributed by atoms with Gasteiger partial charge in [-0.3, -0.25) is 0 Å². The summed E-state index contributed by atoms with van der Waals surface area (Å²) in [7, 11) is 0. The van der Waals surface area contributed by atoms with Crippen LogP contribution in [0.3, 0.4) is 0 Å². The van der Waals surface area contributed by atoms with Gasteiger partial charge in [-0.05, 0) is 53.6 Å². The number of aryl methyl sites for hydroxylation is 1. The van der Waals surface area contributed by atoms with E-state index in [1.807, 2.05) is 19.9 Å². The zero-order chi connectivity index (χ0) is 9.30. The van der Waals surface area contributed by atoms with Crippen LogP contribution in [-0.2, 0) is 0 Å². The van der Waals surface area contributed by atoms with Crippen molar-refractivity contribution in [2.24, 2.45) is 0 Å². The fourth-order valence-electron chi connectivity index (χ4n) is 1.02. The van der Waals surface area contributed by atoms with E-state index in [1.165, 1.54) is 0 Å². The molecule has 0 N–H and O–H groups in total. The summed E-state index contributed by atoms with van der Waals surface area (Å²) in [6, 6.07) is 3.89. The molecule has 0 spiro atoms. The second kappa shape index (κ2) is 3.63. The van der Waals surface area contributed by atoms with Crippen LogP contribution in [-0.4, -0.2) is 0 Å². The molecule has 1 rings (SSSR count). The van der Waals surface area contributed by atoms with Gasteiger partial charge in [-0.15, -0.1) is 0 Å². The third kappa shape index (κ3) is 1.57. The molecule has 1 aromatic carbocycles. The van der Waals surface area contributed by atoms with E-state index < -0.39 is 0 Å². The lowest BCUT2D eigenvalue weighted by atomic mass is 10.1. The zero-order valence-corrected chi connectivity index (χ0v) is 9.69. The highest BCUT2D eigenvalue weighted by atomic mass is 127. The Balaban J connectivity index is 3.52. The van der Waals surface area contributed by atoms with Crippen LogP contribution < -0.4 is 0 Å². The Bertz CT molecular complexity index is 366. The first-order valence-electron chi connectivity index (χ1n) is 3.43. The van der Waals surface area contributed by atoms with Crippen molar-refractivity contribution in [1.29, 1.82) is 5.26 Å². The number of nitrogens with zero attached hydrogens (tertiary/aromatic N) is 1. The number of benzene rings is 1. The van der Waals surface area contributed by atoms with Gasteiger partial charge in [0.1, 0.15) is 6.07 Å². The standard InChI is InChI=1S/C9H7ClIN/c1-5-3-7(4-12)8(10)6(2)9(5)11/h3H,1-2H3. The van der Waals surface area contributed by atoms with Crippen molar-refractivity contribution >= 4 is 34.2 Å². The van der Waals surface area contributed by atoms with Gasteiger partial charge < -0.3 is 0 Å². The maximum Gasteiger partial charge on any atom is 0.101 e. The monoisotopic (exact) mass is 291 g/mol. The molecule has 62 valence electrons. The van der Waals surface area contributed by atoms with E-state index in [2.05, 4.69) is 28.7 Å². The second-order valence-corrected chi connectivity index (χ2v) is 4.06. The molecular weight excluding hydrogens is 284 g/mol. The molecule has 0 radical (unpaired) electrons. The minimum absolute atomic E-state index is 0.562. The molecule has 1 nitrogen and oxygen atoms in total. The zero-order valence-electron chi connectivity index (χ0n) is 6.78. The summed E-state index contributed by atoms with van der Waals surface area (Å²) in [6.45, 7) is 3.91. The normalized spacial score (nSPS) is 9.58. The highest BCUT2D eigenvalue weighted by molar-refractivity contribution is 14.1. The molecule has 0 amide bonds. The van der Waals surface area contributed by atoms with E-state index in [0.717, 1.165) is 14.7 Å². The molecule has 0 saturated heterocycles. The first kappa shape index (κ1) is 9.82. The summed E-state index contributed by atoms with van der Waals surface area (Å²) < 4.78 is 1.14. The minimum atomic E-state index is 0.562. The molecule has 0 saturated carbocycles. The smallest absolute Gasteiger partial charge is 0.101 e. The van der Waals surface area contributed by atoms with E-state index in [0.29, 0.717) is 10.6 Å². The SMILES string of the molecule is Cc1cc(C#N)c(Cl)c(C)c1I. The topological polar surface area (TPSA) is 23.8 Å². The number of rotatable bonds is 0. The van der Waals surface area contributed by atoms with Crippen LogP contribution in [0.4, 0.5) is 0 Å². The molecule has 12 heavy (non-hydrogen) atoms. The number of hydrogen-bond donors (Lipinski definition) is 0. The van der Waals surface area contributed by atoms with Crippen LogP contribution in [0.1, 0.15) is 16.7 Å². The maximum absolute atomic E-state index is 8.72. The van der Waals surface area contributed by atoms with E-state index in [1.54, 1.807) is 0 Å². The summed E-state index contributed by atoms with van der Waals surface area (Å²) in [5.74, 6) is 0. The Labute approximate surface area is 90.5 Å². The molecule has 0 aliphatic heterocycles. The summed E-state index contributed by atoms with van der Waals surface area (Å²) in [6.07, 6.45) is 0. The van der Waals surface area contributed by atoms with E-state index >= 15 is 0 Å². The summed E-state index contributed by atoms with van der Waals surface area (Å²) in [5.41, 5.74) is 2.66. The molecule has 0 atom stereocenters. The maximum atomic E-state index is 8.72. The third-order valence-electron chi connectivity index (χ3n) is 1.72. The van der Waals surface area contributed by atoms with Gasteiger partial charge in [-0.2, -0.15) is 5.26 Å². The molecule has 0 fully saturated rings. The lowest BCUT2D eigenvalue weighted by Gasteiger charge is -2.06. The molecule has 0 unspecified atom stereocenters. The molecule has 0 heterocycles. The number of nitriles is 1. The Morgan fingerprint density at radius 1 is 1.50 bits per heavy atom. The van der Waals surface area contributed by atoms with Crippen LogP contribution in [0.2, 0.25) is 5.02 Å². The van der Waals surface area contributed by atoms with Crippen LogP contribution in [0.5, 0.6) is 0 Å². The van der Waals surface area contributed by atoms with Crippen molar-refractivity contribution < 1.29 is 0 Å². The second-order valence-electron chi connectivity index (χ2n) is 2.61. The highest BCUT2D eigenvalue weighted by Gasteiger charge is 2.08. The Morgan fingerprint density at radius 2 is 2.08 bits per heavy atom. The molecule has 0 bridgehead atoms. The van der Waals surface area contributed by atoms with E-state index in [-0.39, 0.29) is 0 Å². The minimum Gasteiger partial charge on any atom is -0.192 e. The van der Waals surface area contributed by atoms with Crippen molar-refractivity contribution in [3.05, 3.63) is 31.3 Å². The van der Waals surface area contributed by atoms with Crippen LogP contribution >= 0.6 is 34.2 Å². The lowest BCUT2D eigenvalue weighted by Crippen LogP contribution is -1.90. The fourth-order valence-corrected chi connectivity index (χ4v) is 1.79. The van der Waals surface area contributed by atoms with Gasteiger partial charge in [0.05, 0.1) is 10.6 Å². The van der Waals surface area contributed by atoms with Gasteiger partial charge in [-0.1, -0.05) is 11.6 Å². The molecule has 0 aromatic heterocycles. The molecular formula is C9H7ClIN. The predicted octanol–water partition coefficient (Wildman–Crippen LogP) is 3.43. The van der Waals surface area contributed by atoms with Crippen molar-refractivity contribution in [3.63, 3.8) is 0 Å². The van der Waals surface area contributed by atoms with Gasteiger partial charge in [0.25, 0.3) is 0 Å². The first-order valence-corrected chi connectivity index (χ1v) is 4.89. The van der Waals surface area contributed by atoms with Gasteiger partial charge in [0, 0.05) is 3.57 Å². The van der Waals surface area contributed by atoms with Crippen LogP contribution in [0, 0.1) is 28.7 Å². The predicted molar refractivity (Wildman–Crippen MR) is 58.4 cm³/mol. The molecule has 1 aromatic rings. The molecule has 0 aliphatic rings. The van der Waals surface area contributed by atoms with Crippen molar-refractivity contribution in [2.45, 2.75) is 13.8 Å². The Morgan fingerprint density at radius 3 is 2.58 bits per heavy atom.